The molecule has 0 aliphatic rings. The van der Waals surface area contributed by atoms with Crippen LogP contribution in [0.3, 0.4) is 0 Å². The van der Waals surface area contributed by atoms with Crippen LogP contribution in [-0.4, -0.2) is 47.6 Å². The summed E-state index contributed by atoms with van der Waals surface area (Å²) in [7, 11) is 3.34. The van der Waals surface area contributed by atoms with Gasteiger partial charge in [-0.2, -0.15) is 0 Å². The molecular formula is C21H24N4O4. The largest absolute Gasteiger partial charge is 0.484 e. The van der Waals surface area contributed by atoms with Gasteiger partial charge in [-0.15, -0.1) is 0 Å². The van der Waals surface area contributed by atoms with E-state index in [0.717, 1.165) is 5.69 Å². The normalized spacial score (nSPS) is 11.0. The topological polar surface area (TPSA) is 97.6 Å². The average Bonchev–Trinajstić information content (AvgIpc) is 3.07. The summed E-state index contributed by atoms with van der Waals surface area (Å²) in [6, 6.07) is 8.61. The van der Waals surface area contributed by atoms with E-state index in [4.69, 9.17) is 9.26 Å². The number of benzene rings is 1. The lowest BCUT2D eigenvalue weighted by Gasteiger charge is -2.12. The van der Waals surface area contributed by atoms with Crippen LogP contribution in [0.15, 0.2) is 34.9 Å². The van der Waals surface area contributed by atoms with Gasteiger partial charge in [0.25, 0.3) is 17.5 Å². The van der Waals surface area contributed by atoms with E-state index in [-0.39, 0.29) is 24.3 Å². The number of nitrogens with one attached hydrogen (secondary N) is 1. The van der Waals surface area contributed by atoms with E-state index in [1.165, 1.54) is 4.90 Å². The number of fused-ring (bicyclic) bond motifs is 1. The van der Waals surface area contributed by atoms with Gasteiger partial charge in [0.05, 0.1) is 16.6 Å². The SMILES string of the molecule is Cc1noc2nc(C(C)C)cc(C(=O)Nc3ccc(OCC(=O)N(C)C)cc3)c12. The van der Waals surface area contributed by atoms with Gasteiger partial charge >= 0.3 is 0 Å². The number of ether oxygens (including phenoxy) is 1. The molecule has 2 heterocycles. The van der Waals surface area contributed by atoms with Crippen molar-refractivity contribution >= 4 is 28.6 Å². The van der Waals surface area contributed by atoms with E-state index in [1.807, 2.05) is 13.8 Å². The highest BCUT2D eigenvalue weighted by molar-refractivity contribution is 6.12. The summed E-state index contributed by atoms with van der Waals surface area (Å²) in [4.78, 5) is 30.4. The van der Waals surface area contributed by atoms with E-state index >= 15 is 0 Å². The van der Waals surface area contributed by atoms with Crippen molar-refractivity contribution in [3.63, 3.8) is 0 Å². The Balaban J connectivity index is 1.78. The molecule has 152 valence electrons. The molecule has 8 nitrogen and oxygen atoms in total. The van der Waals surface area contributed by atoms with Gasteiger partial charge in [-0.25, -0.2) is 4.98 Å². The summed E-state index contributed by atoms with van der Waals surface area (Å²) in [5.41, 5.74) is 2.80. The second-order valence-electron chi connectivity index (χ2n) is 7.25. The molecule has 8 heteroatoms. The van der Waals surface area contributed by atoms with Crippen LogP contribution in [0.25, 0.3) is 11.1 Å². The zero-order valence-electron chi connectivity index (χ0n) is 17.1. The Hall–Kier alpha value is -3.42. The van der Waals surface area contributed by atoms with Crippen LogP contribution < -0.4 is 10.1 Å². The minimum atomic E-state index is -0.276. The highest BCUT2D eigenvalue weighted by atomic mass is 16.5. The van der Waals surface area contributed by atoms with E-state index in [2.05, 4.69) is 15.5 Å². The number of anilines is 1. The maximum Gasteiger partial charge on any atom is 0.259 e. The number of carbonyl (C=O) groups is 2. The molecule has 29 heavy (non-hydrogen) atoms. The van der Waals surface area contributed by atoms with Crippen molar-refractivity contribution in [2.75, 3.05) is 26.0 Å². The fourth-order valence-electron chi connectivity index (χ4n) is 2.70. The first-order valence-corrected chi connectivity index (χ1v) is 9.27. The van der Waals surface area contributed by atoms with Gasteiger partial charge in [0, 0.05) is 25.5 Å². The van der Waals surface area contributed by atoms with Gasteiger partial charge in [-0.1, -0.05) is 19.0 Å². The number of rotatable bonds is 6. The maximum absolute atomic E-state index is 12.9. The Kier molecular flexibility index (Phi) is 5.81. The first-order valence-electron chi connectivity index (χ1n) is 9.27. The second-order valence-corrected chi connectivity index (χ2v) is 7.25. The van der Waals surface area contributed by atoms with E-state index in [0.29, 0.717) is 33.8 Å². The number of hydrogen-bond donors (Lipinski definition) is 1. The monoisotopic (exact) mass is 396 g/mol. The summed E-state index contributed by atoms with van der Waals surface area (Å²) >= 11 is 0. The third-order valence-corrected chi connectivity index (χ3v) is 4.45. The van der Waals surface area contributed by atoms with E-state index < -0.39 is 0 Å². The number of aromatic nitrogens is 2. The fraction of sp³-hybridized carbons (Fsp3) is 0.333. The van der Waals surface area contributed by atoms with E-state index in [1.54, 1.807) is 51.4 Å². The molecule has 0 aliphatic carbocycles. The van der Waals surface area contributed by atoms with Gasteiger partial charge in [0.2, 0.25) is 0 Å². The van der Waals surface area contributed by atoms with Crippen LogP contribution in [0.4, 0.5) is 5.69 Å². The van der Waals surface area contributed by atoms with Gasteiger partial charge < -0.3 is 19.5 Å². The lowest BCUT2D eigenvalue weighted by atomic mass is 10.0. The Morgan fingerprint density at radius 2 is 1.90 bits per heavy atom. The molecule has 3 aromatic rings. The molecule has 0 aliphatic heterocycles. The molecule has 0 radical (unpaired) electrons. The number of amides is 2. The van der Waals surface area contributed by atoms with Crippen LogP contribution >= 0.6 is 0 Å². The quantitative estimate of drug-likeness (QED) is 0.686. The van der Waals surface area contributed by atoms with Gasteiger partial charge in [-0.3, -0.25) is 9.59 Å². The van der Waals surface area contributed by atoms with Crippen LogP contribution in [0, 0.1) is 6.92 Å². The Morgan fingerprint density at radius 1 is 1.21 bits per heavy atom. The van der Waals surface area contributed by atoms with Crippen molar-refractivity contribution in [1.82, 2.24) is 15.0 Å². The predicted octanol–water partition coefficient (Wildman–Crippen LogP) is 3.37. The van der Waals surface area contributed by atoms with Crippen molar-refractivity contribution in [2.45, 2.75) is 26.7 Å². The lowest BCUT2D eigenvalue weighted by molar-refractivity contribution is -0.130. The number of likely N-dealkylation sites (N-methyl/N-ethyl adjacent to an activating group) is 1. The molecule has 1 N–H and O–H groups in total. The van der Waals surface area contributed by atoms with E-state index in [9.17, 15) is 9.59 Å². The highest BCUT2D eigenvalue weighted by Gasteiger charge is 2.20. The number of hydrogen-bond acceptors (Lipinski definition) is 6. The minimum absolute atomic E-state index is 0.0432. The predicted molar refractivity (Wildman–Crippen MR) is 109 cm³/mol. The highest BCUT2D eigenvalue weighted by Crippen LogP contribution is 2.26. The average molecular weight is 396 g/mol. The standard InChI is InChI=1S/C21H24N4O4/c1-12(2)17-10-16(19-13(3)24-29-21(19)23-17)20(27)22-14-6-8-15(9-7-14)28-11-18(26)25(4)5/h6-10,12H,11H2,1-5H3,(H,22,27). The van der Waals surface area contributed by atoms with Crippen molar-refractivity contribution in [2.24, 2.45) is 0 Å². The number of pyridine rings is 1. The molecule has 0 saturated carbocycles. The number of aryl methyl sites for hydroxylation is 1. The van der Waals surface area contributed by atoms with Gasteiger partial charge in [0.1, 0.15) is 5.75 Å². The zero-order valence-corrected chi connectivity index (χ0v) is 17.1. The smallest absolute Gasteiger partial charge is 0.259 e. The first-order chi connectivity index (χ1) is 13.8. The summed E-state index contributed by atoms with van der Waals surface area (Å²) in [5, 5.41) is 7.42. The minimum Gasteiger partial charge on any atom is -0.484 e. The molecule has 2 amide bonds. The zero-order chi connectivity index (χ0) is 21.1. The Morgan fingerprint density at radius 3 is 2.52 bits per heavy atom. The molecule has 0 saturated heterocycles. The van der Waals surface area contributed by atoms with Gasteiger partial charge in [-0.05, 0) is 43.2 Å². The van der Waals surface area contributed by atoms with Crippen LogP contribution in [0.1, 0.15) is 41.5 Å². The third kappa shape index (κ3) is 4.53. The Labute approximate surface area is 168 Å². The Bertz CT molecular complexity index is 1040. The van der Waals surface area contributed by atoms with Gasteiger partial charge in [0.15, 0.2) is 6.61 Å². The fourth-order valence-corrected chi connectivity index (χ4v) is 2.70. The molecular weight excluding hydrogens is 372 g/mol. The molecule has 0 unspecified atom stereocenters. The maximum atomic E-state index is 12.9. The van der Waals surface area contributed by atoms with Crippen molar-refractivity contribution in [3.8, 4) is 5.75 Å². The summed E-state index contributed by atoms with van der Waals surface area (Å²) in [6.07, 6.45) is 0. The summed E-state index contributed by atoms with van der Waals surface area (Å²) in [5.74, 6) is 0.273. The summed E-state index contributed by atoms with van der Waals surface area (Å²) < 4.78 is 10.7. The summed E-state index contributed by atoms with van der Waals surface area (Å²) in [6.45, 7) is 5.73. The van der Waals surface area contributed by atoms with Crippen molar-refractivity contribution in [1.29, 1.82) is 0 Å². The molecule has 0 fully saturated rings. The molecule has 2 aromatic heterocycles. The number of carbonyl (C=O) groups excluding carboxylic acids is 2. The lowest BCUT2D eigenvalue weighted by Crippen LogP contribution is -2.27. The molecule has 0 atom stereocenters. The molecule has 0 spiro atoms. The number of nitrogens with zero attached hydrogens (tertiary/aromatic N) is 3. The van der Waals surface area contributed by atoms with Crippen molar-refractivity contribution < 1.29 is 18.8 Å². The van der Waals surface area contributed by atoms with Crippen LogP contribution in [0.5, 0.6) is 5.75 Å². The first kappa shape index (κ1) is 20.3. The third-order valence-electron chi connectivity index (χ3n) is 4.45. The van der Waals surface area contributed by atoms with Crippen LogP contribution in [-0.2, 0) is 4.79 Å². The molecule has 1 aromatic carbocycles. The molecule has 3 rings (SSSR count). The van der Waals surface area contributed by atoms with Crippen LogP contribution in [0.2, 0.25) is 0 Å². The van der Waals surface area contributed by atoms with Crippen molar-refractivity contribution in [3.05, 3.63) is 47.3 Å². The second kappa shape index (κ2) is 8.30. The molecule has 0 bridgehead atoms.